The molecule has 0 aromatic carbocycles. The molecule has 1 saturated heterocycles. The molecule has 1 aliphatic carbocycles. The van der Waals surface area contributed by atoms with Gasteiger partial charge in [0.05, 0.1) is 19.3 Å². The first-order valence-corrected chi connectivity index (χ1v) is 5.69. The van der Waals surface area contributed by atoms with Gasteiger partial charge in [0.2, 0.25) is 5.91 Å². The molecule has 15 heavy (non-hydrogen) atoms. The van der Waals surface area contributed by atoms with E-state index in [9.17, 15) is 4.79 Å². The molecule has 86 valence electrons. The van der Waals surface area contributed by atoms with E-state index in [1.54, 1.807) is 0 Å². The second-order valence-electron chi connectivity index (χ2n) is 4.97. The van der Waals surface area contributed by atoms with Crippen molar-refractivity contribution >= 4 is 5.91 Å². The van der Waals surface area contributed by atoms with Gasteiger partial charge in [-0.3, -0.25) is 10.1 Å². The third-order valence-corrected chi connectivity index (χ3v) is 3.75. The molecule has 2 aliphatic rings. The van der Waals surface area contributed by atoms with E-state index in [0.29, 0.717) is 25.4 Å². The third kappa shape index (κ3) is 1.66. The molecule has 4 nitrogen and oxygen atoms in total. The zero-order chi connectivity index (χ0) is 11.1. The van der Waals surface area contributed by atoms with Gasteiger partial charge in [0.15, 0.2) is 0 Å². The largest absolute Gasteiger partial charge is 0.378 e. The van der Waals surface area contributed by atoms with Crippen molar-refractivity contribution < 1.29 is 9.53 Å². The Balaban J connectivity index is 1.99. The van der Waals surface area contributed by atoms with Gasteiger partial charge in [-0.15, -0.1) is 0 Å². The number of rotatable bonds is 3. The maximum Gasteiger partial charge on any atom is 0.237 e. The summed E-state index contributed by atoms with van der Waals surface area (Å²) in [5.41, 5.74) is 0.0949. The van der Waals surface area contributed by atoms with Crippen LogP contribution in [-0.4, -0.2) is 42.8 Å². The molecule has 1 saturated carbocycles. The van der Waals surface area contributed by atoms with Gasteiger partial charge in [0, 0.05) is 18.1 Å². The van der Waals surface area contributed by atoms with Crippen LogP contribution in [0.3, 0.4) is 0 Å². The average molecular weight is 212 g/mol. The van der Waals surface area contributed by atoms with Crippen LogP contribution in [0.15, 0.2) is 0 Å². The van der Waals surface area contributed by atoms with Crippen LogP contribution in [0.1, 0.15) is 27.2 Å². The summed E-state index contributed by atoms with van der Waals surface area (Å²) in [6.45, 7) is 8.34. The smallest absolute Gasteiger partial charge is 0.237 e. The number of ether oxygens (including phenoxy) is 1. The summed E-state index contributed by atoms with van der Waals surface area (Å²) < 4.78 is 5.66. The minimum absolute atomic E-state index is 0.0949. The van der Waals surface area contributed by atoms with Crippen molar-refractivity contribution in [3.05, 3.63) is 0 Å². The Hall–Kier alpha value is -0.610. The van der Waals surface area contributed by atoms with Gasteiger partial charge < -0.3 is 9.64 Å². The SMILES string of the molecule is CCOC1CC(N2CNCC2=O)C1(C)C. The van der Waals surface area contributed by atoms with Gasteiger partial charge in [0.25, 0.3) is 0 Å². The highest BCUT2D eigenvalue weighted by Gasteiger charge is 2.53. The van der Waals surface area contributed by atoms with E-state index >= 15 is 0 Å². The van der Waals surface area contributed by atoms with Crippen LogP contribution in [0.4, 0.5) is 0 Å². The van der Waals surface area contributed by atoms with Crippen LogP contribution in [-0.2, 0) is 9.53 Å². The molecule has 0 spiro atoms. The summed E-state index contributed by atoms with van der Waals surface area (Å²) in [6, 6.07) is 0.344. The zero-order valence-corrected chi connectivity index (χ0v) is 9.75. The summed E-state index contributed by atoms with van der Waals surface area (Å²) in [7, 11) is 0. The van der Waals surface area contributed by atoms with Crippen LogP contribution in [0.25, 0.3) is 0 Å². The Morgan fingerprint density at radius 1 is 1.60 bits per heavy atom. The average Bonchev–Trinajstić information content (AvgIpc) is 2.58. The molecule has 2 fully saturated rings. The summed E-state index contributed by atoms with van der Waals surface area (Å²) in [4.78, 5) is 13.5. The van der Waals surface area contributed by atoms with Crippen molar-refractivity contribution in [3.8, 4) is 0 Å². The highest BCUT2D eigenvalue weighted by atomic mass is 16.5. The number of nitrogens with zero attached hydrogens (tertiary/aromatic N) is 1. The minimum atomic E-state index is 0.0949. The molecule has 0 bridgehead atoms. The molecule has 1 aliphatic heterocycles. The van der Waals surface area contributed by atoms with Gasteiger partial charge in [-0.25, -0.2) is 0 Å². The minimum Gasteiger partial charge on any atom is -0.378 e. The van der Waals surface area contributed by atoms with Crippen LogP contribution in [0, 0.1) is 5.41 Å². The highest BCUT2D eigenvalue weighted by molar-refractivity contribution is 5.80. The number of nitrogens with one attached hydrogen (secondary N) is 1. The van der Waals surface area contributed by atoms with Crippen LogP contribution >= 0.6 is 0 Å². The van der Waals surface area contributed by atoms with Crippen LogP contribution < -0.4 is 5.32 Å². The fourth-order valence-electron chi connectivity index (χ4n) is 2.63. The molecule has 0 aromatic rings. The van der Waals surface area contributed by atoms with Gasteiger partial charge in [-0.05, 0) is 13.3 Å². The Labute approximate surface area is 91.0 Å². The van der Waals surface area contributed by atoms with E-state index in [2.05, 4.69) is 19.2 Å². The molecule has 0 aromatic heterocycles. The van der Waals surface area contributed by atoms with E-state index in [0.717, 1.165) is 13.0 Å². The number of carbonyl (C=O) groups is 1. The molecule has 0 radical (unpaired) electrons. The van der Waals surface area contributed by atoms with E-state index in [1.807, 2.05) is 11.8 Å². The number of amides is 1. The molecular weight excluding hydrogens is 192 g/mol. The summed E-state index contributed by atoms with van der Waals surface area (Å²) in [6.07, 6.45) is 1.29. The van der Waals surface area contributed by atoms with Gasteiger partial charge in [-0.1, -0.05) is 13.8 Å². The topological polar surface area (TPSA) is 41.6 Å². The first kappa shape index (κ1) is 10.9. The van der Waals surface area contributed by atoms with E-state index in [-0.39, 0.29) is 11.3 Å². The zero-order valence-electron chi connectivity index (χ0n) is 9.75. The fraction of sp³-hybridized carbons (Fsp3) is 0.909. The molecule has 2 unspecified atom stereocenters. The first-order chi connectivity index (χ1) is 7.07. The predicted molar refractivity (Wildman–Crippen MR) is 57.3 cm³/mol. The number of hydrogen-bond donors (Lipinski definition) is 1. The van der Waals surface area contributed by atoms with Crippen molar-refractivity contribution in [1.82, 2.24) is 10.2 Å². The molecule has 4 heteroatoms. The monoisotopic (exact) mass is 212 g/mol. The second kappa shape index (κ2) is 3.76. The molecular formula is C11H20N2O2. The summed E-state index contributed by atoms with van der Waals surface area (Å²) in [5.74, 6) is 0.225. The van der Waals surface area contributed by atoms with Crippen molar-refractivity contribution in [2.45, 2.75) is 39.3 Å². The Morgan fingerprint density at radius 3 is 2.80 bits per heavy atom. The van der Waals surface area contributed by atoms with E-state index < -0.39 is 0 Å². The maximum absolute atomic E-state index is 11.6. The summed E-state index contributed by atoms with van der Waals surface area (Å²) in [5, 5.41) is 3.09. The fourth-order valence-corrected chi connectivity index (χ4v) is 2.63. The van der Waals surface area contributed by atoms with Gasteiger partial charge in [-0.2, -0.15) is 0 Å². The Kier molecular flexibility index (Phi) is 2.73. The lowest BCUT2D eigenvalue weighted by molar-refractivity contribution is -0.161. The Bertz CT molecular complexity index is 265. The van der Waals surface area contributed by atoms with Gasteiger partial charge in [0.1, 0.15) is 0 Å². The quantitative estimate of drug-likeness (QED) is 0.744. The Morgan fingerprint density at radius 2 is 2.33 bits per heavy atom. The summed E-state index contributed by atoms with van der Waals surface area (Å²) >= 11 is 0. The molecule has 1 heterocycles. The van der Waals surface area contributed by atoms with E-state index in [4.69, 9.17) is 4.74 Å². The molecule has 2 rings (SSSR count). The standard InChI is InChI=1S/C11H20N2O2/c1-4-15-9-5-8(11(9,2)3)13-7-12-6-10(13)14/h8-9,12H,4-7H2,1-3H3. The lowest BCUT2D eigenvalue weighted by Crippen LogP contribution is -2.62. The van der Waals surface area contributed by atoms with Gasteiger partial charge >= 0.3 is 0 Å². The van der Waals surface area contributed by atoms with Crippen molar-refractivity contribution in [1.29, 1.82) is 0 Å². The van der Waals surface area contributed by atoms with Crippen molar-refractivity contribution in [3.63, 3.8) is 0 Å². The second-order valence-corrected chi connectivity index (χ2v) is 4.97. The third-order valence-electron chi connectivity index (χ3n) is 3.75. The maximum atomic E-state index is 11.6. The molecule has 1 N–H and O–H groups in total. The lowest BCUT2D eigenvalue weighted by Gasteiger charge is -2.54. The lowest BCUT2D eigenvalue weighted by atomic mass is 9.64. The van der Waals surface area contributed by atoms with Crippen molar-refractivity contribution in [2.24, 2.45) is 5.41 Å². The van der Waals surface area contributed by atoms with Crippen LogP contribution in [0.2, 0.25) is 0 Å². The first-order valence-electron chi connectivity index (χ1n) is 5.69. The van der Waals surface area contributed by atoms with Crippen molar-refractivity contribution in [2.75, 3.05) is 19.8 Å². The highest BCUT2D eigenvalue weighted by Crippen LogP contribution is 2.46. The van der Waals surface area contributed by atoms with E-state index in [1.165, 1.54) is 0 Å². The molecule has 1 amide bonds. The number of carbonyl (C=O) groups excluding carboxylic acids is 1. The predicted octanol–water partition coefficient (Wildman–Crippen LogP) is 0.579. The molecule has 2 atom stereocenters. The normalized spacial score (nSPS) is 34.3. The van der Waals surface area contributed by atoms with Crippen LogP contribution in [0.5, 0.6) is 0 Å². The number of hydrogen-bond acceptors (Lipinski definition) is 3.